The van der Waals surface area contributed by atoms with E-state index in [0.29, 0.717) is 16.1 Å². The van der Waals surface area contributed by atoms with E-state index < -0.39 is 5.91 Å². The summed E-state index contributed by atoms with van der Waals surface area (Å²) in [6.07, 6.45) is 0.107. The van der Waals surface area contributed by atoms with E-state index >= 15 is 0 Å². The van der Waals surface area contributed by atoms with Crippen molar-refractivity contribution in [2.45, 2.75) is 13.3 Å². The third-order valence-electron chi connectivity index (χ3n) is 2.65. The maximum atomic E-state index is 12.8. The molecule has 1 heterocycles. The van der Waals surface area contributed by atoms with Gasteiger partial charge in [-0.3, -0.25) is 9.59 Å². The monoisotopic (exact) mass is 292 g/mol. The molecule has 20 heavy (non-hydrogen) atoms. The minimum absolute atomic E-state index is 0.107. The molecule has 0 fully saturated rings. The van der Waals surface area contributed by atoms with Gasteiger partial charge in [-0.15, -0.1) is 11.3 Å². The number of hydrogen-bond donors (Lipinski definition) is 2. The number of amides is 2. The smallest absolute Gasteiger partial charge is 0.251 e. The van der Waals surface area contributed by atoms with Crippen LogP contribution in [0, 0.1) is 12.7 Å². The fourth-order valence-electron chi connectivity index (χ4n) is 1.75. The van der Waals surface area contributed by atoms with E-state index in [2.05, 4.69) is 5.32 Å². The fraction of sp³-hybridized carbons (Fsp3) is 0.143. The van der Waals surface area contributed by atoms with Crippen molar-refractivity contribution in [2.75, 3.05) is 5.32 Å². The number of rotatable bonds is 4. The molecule has 2 aromatic rings. The summed E-state index contributed by atoms with van der Waals surface area (Å²) >= 11 is 1.29. The van der Waals surface area contributed by atoms with Crippen molar-refractivity contribution in [3.63, 3.8) is 0 Å². The highest BCUT2D eigenvalue weighted by Gasteiger charge is 2.14. The quantitative estimate of drug-likeness (QED) is 0.908. The molecule has 0 bridgehead atoms. The topological polar surface area (TPSA) is 72.2 Å². The average molecular weight is 292 g/mol. The molecule has 4 nitrogen and oxygen atoms in total. The van der Waals surface area contributed by atoms with Crippen LogP contribution in [-0.2, 0) is 11.2 Å². The summed E-state index contributed by atoms with van der Waals surface area (Å²) in [6, 6.07) is 7.33. The van der Waals surface area contributed by atoms with E-state index in [1.807, 2.05) is 6.92 Å². The molecule has 6 heteroatoms. The zero-order valence-corrected chi connectivity index (χ0v) is 11.6. The molecule has 3 N–H and O–H groups in total. The second-order valence-corrected chi connectivity index (χ2v) is 5.57. The van der Waals surface area contributed by atoms with Gasteiger partial charge in [-0.2, -0.15) is 0 Å². The van der Waals surface area contributed by atoms with Crippen molar-refractivity contribution in [3.8, 4) is 0 Å². The SMILES string of the molecule is Cc1cc(C(N)=O)c(NC(=O)Cc2ccc(F)cc2)s1. The first-order valence-electron chi connectivity index (χ1n) is 5.90. The van der Waals surface area contributed by atoms with Gasteiger partial charge in [-0.1, -0.05) is 12.1 Å². The predicted molar refractivity (Wildman–Crippen MR) is 76.3 cm³/mol. The number of carbonyl (C=O) groups excluding carboxylic acids is 2. The number of benzene rings is 1. The lowest BCUT2D eigenvalue weighted by Crippen LogP contribution is -2.17. The van der Waals surface area contributed by atoms with Gasteiger partial charge in [-0.25, -0.2) is 4.39 Å². The Hall–Kier alpha value is -2.21. The van der Waals surface area contributed by atoms with Gasteiger partial charge in [0.2, 0.25) is 5.91 Å². The molecule has 0 aliphatic rings. The van der Waals surface area contributed by atoms with Gasteiger partial charge in [0.05, 0.1) is 12.0 Å². The zero-order valence-electron chi connectivity index (χ0n) is 10.8. The molecule has 0 aliphatic heterocycles. The number of carbonyl (C=O) groups is 2. The third-order valence-corrected chi connectivity index (χ3v) is 3.62. The van der Waals surface area contributed by atoms with Crippen molar-refractivity contribution >= 4 is 28.2 Å². The Balaban J connectivity index is 2.08. The second-order valence-electron chi connectivity index (χ2n) is 4.32. The summed E-state index contributed by atoms with van der Waals surface area (Å²) in [6.45, 7) is 1.83. The van der Waals surface area contributed by atoms with Crippen LogP contribution in [0.5, 0.6) is 0 Å². The van der Waals surface area contributed by atoms with Crippen LogP contribution in [0.25, 0.3) is 0 Å². The van der Waals surface area contributed by atoms with Crippen molar-refractivity contribution < 1.29 is 14.0 Å². The fourth-order valence-corrected chi connectivity index (χ4v) is 2.68. The Morgan fingerprint density at radius 2 is 1.95 bits per heavy atom. The van der Waals surface area contributed by atoms with Crippen LogP contribution in [-0.4, -0.2) is 11.8 Å². The molecule has 1 aromatic heterocycles. The van der Waals surface area contributed by atoms with Crippen LogP contribution in [0.4, 0.5) is 9.39 Å². The van der Waals surface area contributed by atoms with E-state index in [9.17, 15) is 14.0 Å². The van der Waals surface area contributed by atoms with Crippen LogP contribution in [0.3, 0.4) is 0 Å². The molecular formula is C14H13FN2O2S. The molecule has 2 rings (SSSR count). The average Bonchev–Trinajstić information content (AvgIpc) is 2.73. The lowest BCUT2D eigenvalue weighted by molar-refractivity contribution is -0.115. The van der Waals surface area contributed by atoms with Crippen molar-refractivity contribution in [1.29, 1.82) is 0 Å². The van der Waals surface area contributed by atoms with E-state index in [1.165, 1.54) is 23.5 Å². The number of thiophene rings is 1. The molecular weight excluding hydrogens is 279 g/mol. The van der Waals surface area contributed by atoms with E-state index in [4.69, 9.17) is 5.73 Å². The largest absolute Gasteiger partial charge is 0.366 e. The van der Waals surface area contributed by atoms with Gasteiger partial charge in [0.25, 0.3) is 5.91 Å². The highest BCUT2D eigenvalue weighted by molar-refractivity contribution is 7.16. The summed E-state index contributed by atoms with van der Waals surface area (Å²) in [4.78, 5) is 24.0. The molecule has 0 saturated heterocycles. The number of hydrogen-bond acceptors (Lipinski definition) is 3. The number of primary amides is 1. The zero-order chi connectivity index (χ0) is 14.7. The minimum atomic E-state index is -0.577. The van der Waals surface area contributed by atoms with Gasteiger partial charge < -0.3 is 11.1 Å². The van der Waals surface area contributed by atoms with Gasteiger partial charge in [0.1, 0.15) is 10.8 Å². The molecule has 0 saturated carbocycles. The first-order valence-corrected chi connectivity index (χ1v) is 6.72. The second kappa shape index (κ2) is 5.83. The number of anilines is 1. The van der Waals surface area contributed by atoms with E-state index in [1.54, 1.807) is 18.2 Å². The van der Waals surface area contributed by atoms with E-state index in [-0.39, 0.29) is 18.1 Å². The Morgan fingerprint density at radius 3 is 2.55 bits per heavy atom. The summed E-state index contributed by atoms with van der Waals surface area (Å²) in [7, 11) is 0. The maximum absolute atomic E-state index is 12.8. The van der Waals surface area contributed by atoms with Crippen molar-refractivity contribution in [3.05, 3.63) is 52.2 Å². The van der Waals surface area contributed by atoms with Gasteiger partial charge in [-0.05, 0) is 30.7 Å². The van der Waals surface area contributed by atoms with Gasteiger partial charge >= 0.3 is 0 Å². The molecule has 1 aromatic carbocycles. The summed E-state index contributed by atoms with van der Waals surface area (Å²) < 4.78 is 12.8. The first kappa shape index (κ1) is 14.2. The van der Waals surface area contributed by atoms with Gasteiger partial charge in [0, 0.05) is 4.88 Å². The summed E-state index contributed by atoms with van der Waals surface area (Å²) in [5.41, 5.74) is 6.25. The highest BCUT2D eigenvalue weighted by Crippen LogP contribution is 2.27. The van der Waals surface area contributed by atoms with Crippen LogP contribution in [0.15, 0.2) is 30.3 Å². The lowest BCUT2D eigenvalue weighted by atomic mass is 10.1. The highest BCUT2D eigenvalue weighted by atomic mass is 32.1. The molecule has 0 unspecified atom stereocenters. The molecule has 104 valence electrons. The third kappa shape index (κ3) is 3.42. The Labute approximate surface area is 119 Å². The minimum Gasteiger partial charge on any atom is -0.366 e. The first-order chi connectivity index (χ1) is 9.45. The number of nitrogens with two attached hydrogens (primary N) is 1. The molecule has 0 aliphatic carbocycles. The Morgan fingerprint density at radius 1 is 1.30 bits per heavy atom. The van der Waals surface area contributed by atoms with Crippen molar-refractivity contribution in [1.82, 2.24) is 0 Å². The Kier molecular flexibility index (Phi) is 4.14. The van der Waals surface area contributed by atoms with Crippen molar-refractivity contribution in [2.24, 2.45) is 5.73 Å². The van der Waals surface area contributed by atoms with E-state index in [0.717, 1.165) is 4.88 Å². The molecule has 0 radical (unpaired) electrons. The molecule has 0 atom stereocenters. The molecule has 2 amide bonds. The number of halogens is 1. The lowest BCUT2D eigenvalue weighted by Gasteiger charge is -2.04. The van der Waals surface area contributed by atoms with Crippen LogP contribution in [0.2, 0.25) is 0 Å². The number of aryl methyl sites for hydroxylation is 1. The summed E-state index contributed by atoms with van der Waals surface area (Å²) in [5, 5.41) is 3.11. The van der Waals surface area contributed by atoms with Crippen LogP contribution < -0.4 is 11.1 Å². The van der Waals surface area contributed by atoms with Crippen LogP contribution in [0.1, 0.15) is 20.8 Å². The van der Waals surface area contributed by atoms with Gasteiger partial charge in [0.15, 0.2) is 0 Å². The Bertz CT molecular complexity index is 650. The standard InChI is InChI=1S/C14H13FN2O2S/c1-8-6-11(13(16)19)14(20-8)17-12(18)7-9-2-4-10(15)5-3-9/h2-6H,7H2,1H3,(H2,16,19)(H,17,18). The maximum Gasteiger partial charge on any atom is 0.251 e. The summed E-state index contributed by atoms with van der Waals surface area (Å²) in [5.74, 6) is -1.20. The van der Waals surface area contributed by atoms with Crippen LogP contribution >= 0.6 is 11.3 Å². The normalized spacial score (nSPS) is 10.3. The number of nitrogens with one attached hydrogen (secondary N) is 1. The molecule has 0 spiro atoms. The predicted octanol–water partition coefficient (Wildman–Crippen LogP) is 2.48.